The molecule has 0 aliphatic carbocycles. The first-order valence-corrected chi connectivity index (χ1v) is 6.16. The number of nitrogens with one attached hydrogen (secondary N) is 3. The second-order valence-electron chi connectivity index (χ2n) is 4.45. The van der Waals surface area contributed by atoms with Gasteiger partial charge in [-0.1, -0.05) is 0 Å². The monoisotopic (exact) mass is 237 g/mol. The molecule has 6 heteroatoms. The molecule has 1 amide bonds. The van der Waals surface area contributed by atoms with Gasteiger partial charge >= 0.3 is 0 Å². The summed E-state index contributed by atoms with van der Waals surface area (Å²) in [5.41, 5.74) is 0. The summed E-state index contributed by atoms with van der Waals surface area (Å²) in [6.45, 7) is 2.73. The van der Waals surface area contributed by atoms with Gasteiger partial charge in [0.15, 0.2) is 0 Å². The van der Waals surface area contributed by atoms with Gasteiger partial charge in [-0.25, -0.2) is 4.98 Å². The summed E-state index contributed by atoms with van der Waals surface area (Å²) in [5, 5.41) is 12.8. The summed E-state index contributed by atoms with van der Waals surface area (Å²) >= 11 is 0. The quantitative estimate of drug-likeness (QED) is 0.601. The summed E-state index contributed by atoms with van der Waals surface area (Å²) in [6.07, 6.45) is 4.98. The Kier molecular flexibility index (Phi) is 4.49. The number of hydrogen-bond acceptors (Lipinski definition) is 4. The van der Waals surface area contributed by atoms with Crippen molar-refractivity contribution >= 4 is 5.91 Å². The topological polar surface area (TPSA) is 82.7 Å². The Labute approximate surface area is 101 Å². The zero-order valence-corrected chi connectivity index (χ0v) is 9.91. The van der Waals surface area contributed by atoms with Crippen molar-refractivity contribution in [3.8, 4) is 0 Å². The van der Waals surface area contributed by atoms with Crippen LogP contribution in [0.3, 0.4) is 0 Å². The van der Waals surface area contributed by atoms with Gasteiger partial charge in [0.1, 0.15) is 12.2 Å². The average molecular weight is 237 g/mol. The van der Waals surface area contributed by atoms with E-state index in [-0.39, 0.29) is 5.91 Å². The molecule has 1 fully saturated rings. The number of rotatable bonds is 6. The molecule has 1 atom stereocenters. The molecule has 2 heterocycles. The molecule has 1 aliphatic heterocycles. The van der Waals surface area contributed by atoms with Crippen LogP contribution in [0.2, 0.25) is 0 Å². The zero-order chi connectivity index (χ0) is 11.9. The summed E-state index contributed by atoms with van der Waals surface area (Å²) < 4.78 is 0. The molecule has 0 radical (unpaired) electrons. The second-order valence-corrected chi connectivity index (χ2v) is 4.45. The predicted octanol–water partition coefficient (Wildman–Crippen LogP) is -0.147. The number of carbonyl (C=O) groups is 1. The fourth-order valence-electron chi connectivity index (χ4n) is 2.06. The van der Waals surface area contributed by atoms with Crippen LogP contribution in [0, 0.1) is 5.92 Å². The van der Waals surface area contributed by atoms with Gasteiger partial charge in [0.25, 0.3) is 0 Å². The van der Waals surface area contributed by atoms with E-state index in [0.717, 1.165) is 38.2 Å². The minimum absolute atomic E-state index is 0.163. The van der Waals surface area contributed by atoms with Crippen LogP contribution >= 0.6 is 0 Å². The van der Waals surface area contributed by atoms with E-state index in [9.17, 15) is 4.79 Å². The molecule has 1 unspecified atom stereocenters. The first-order valence-electron chi connectivity index (χ1n) is 6.16. The Morgan fingerprint density at radius 2 is 2.53 bits per heavy atom. The number of amides is 1. The van der Waals surface area contributed by atoms with Crippen molar-refractivity contribution in [3.63, 3.8) is 0 Å². The first kappa shape index (κ1) is 12.0. The minimum Gasteiger partial charge on any atom is -0.356 e. The van der Waals surface area contributed by atoms with E-state index in [4.69, 9.17) is 0 Å². The van der Waals surface area contributed by atoms with Gasteiger partial charge in [-0.3, -0.25) is 9.89 Å². The normalized spacial score (nSPS) is 19.4. The largest absolute Gasteiger partial charge is 0.356 e. The third-order valence-corrected chi connectivity index (χ3v) is 3.01. The van der Waals surface area contributed by atoms with E-state index in [0.29, 0.717) is 18.9 Å². The molecule has 2 rings (SSSR count). The number of carbonyl (C=O) groups excluding carboxylic acids is 1. The zero-order valence-electron chi connectivity index (χ0n) is 9.91. The van der Waals surface area contributed by atoms with Crippen LogP contribution in [0.1, 0.15) is 25.1 Å². The van der Waals surface area contributed by atoms with Gasteiger partial charge in [-0.15, -0.1) is 0 Å². The van der Waals surface area contributed by atoms with Gasteiger partial charge in [0.05, 0.1) is 0 Å². The molecule has 0 spiro atoms. The Bertz CT molecular complexity index is 332. The van der Waals surface area contributed by atoms with Crippen molar-refractivity contribution in [1.29, 1.82) is 0 Å². The van der Waals surface area contributed by atoms with Crippen molar-refractivity contribution in [1.82, 2.24) is 25.8 Å². The highest BCUT2D eigenvalue weighted by molar-refractivity contribution is 5.76. The average Bonchev–Trinajstić information content (AvgIpc) is 2.96. The number of aromatic amines is 1. The molecular formula is C11H19N5O. The van der Waals surface area contributed by atoms with E-state index < -0.39 is 0 Å². The highest BCUT2D eigenvalue weighted by Gasteiger charge is 2.17. The van der Waals surface area contributed by atoms with Gasteiger partial charge in [-0.2, -0.15) is 5.10 Å². The second kappa shape index (κ2) is 6.34. The Morgan fingerprint density at radius 3 is 3.24 bits per heavy atom. The Balaban J connectivity index is 1.53. The van der Waals surface area contributed by atoms with E-state index in [1.54, 1.807) is 0 Å². The Morgan fingerprint density at radius 1 is 1.59 bits per heavy atom. The van der Waals surface area contributed by atoms with Crippen molar-refractivity contribution in [2.24, 2.45) is 5.92 Å². The summed E-state index contributed by atoms with van der Waals surface area (Å²) in [7, 11) is 0. The van der Waals surface area contributed by atoms with Crippen LogP contribution in [0.25, 0.3) is 0 Å². The van der Waals surface area contributed by atoms with Gasteiger partial charge < -0.3 is 10.6 Å². The predicted molar refractivity (Wildman–Crippen MR) is 63.3 cm³/mol. The van der Waals surface area contributed by atoms with Crippen LogP contribution in [-0.4, -0.2) is 40.7 Å². The van der Waals surface area contributed by atoms with Crippen LogP contribution in [0.5, 0.6) is 0 Å². The molecular weight excluding hydrogens is 218 g/mol. The molecule has 0 aromatic carbocycles. The molecule has 1 saturated heterocycles. The standard InChI is InChI=1S/C11H19N5O/c17-11(6-9-3-5-12-7-9)13-4-1-2-10-14-8-15-16-10/h8-9,12H,1-7H2,(H,13,17)(H,14,15,16). The molecule has 1 aliphatic rings. The smallest absolute Gasteiger partial charge is 0.220 e. The van der Waals surface area contributed by atoms with Crippen LogP contribution in [0.4, 0.5) is 0 Å². The lowest BCUT2D eigenvalue weighted by molar-refractivity contribution is -0.121. The molecule has 0 bridgehead atoms. The maximum Gasteiger partial charge on any atom is 0.220 e. The van der Waals surface area contributed by atoms with Crippen molar-refractivity contribution in [2.75, 3.05) is 19.6 Å². The maximum absolute atomic E-state index is 11.6. The van der Waals surface area contributed by atoms with Crippen LogP contribution in [0.15, 0.2) is 6.33 Å². The third kappa shape index (κ3) is 4.14. The number of aryl methyl sites for hydroxylation is 1. The van der Waals surface area contributed by atoms with Crippen molar-refractivity contribution in [3.05, 3.63) is 12.2 Å². The third-order valence-electron chi connectivity index (χ3n) is 3.01. The number of H-pyrrole nitrogens is 1. The fraction of sp³-hybridized carbons (Fsp3) is 0.727. The van der Waals surface area contributed by atoms with E-state index in [1.165, 1.54) is 6.33 Å². The molecule has 3 N–H and O–H groups in total. The lowest BCUT2D eigenvalue weighted by Crippen LogP contribution is -2.27. The molecule has 1 aromatic heterocycles. The molecule has 1 aromatic rings. The fourth-order valence-corrected chi connectivity index (χ4v) is 2.06. The molecule has 6 nitrogen and oxygen atoms in total. The lowest BCUT2D eigenvalue weighted by Gasteiger charge is -2.08. The first-order chi connectivity index (χ1) is 8.34. The van der Waals surface area contributed by atoms with Crippen molar-refractivity contribution in [2.45, 2.75) is 25.7 Å². The minimum atomic E-state index is 0.163. The SMILES string of the molecule is O=C(CC1CCNC1)NCCCc1ncn[nH]1. The summed E-state index contributed by atoms with van der Waals surface area (Å²) in [4.78, 5) is 15.6. The molecule has 0 saturated carbocycles. The number of aromatic nitrogens is 3. The number of nitrogens with zero attached hydrogens (tertiary/aromatic N) is 2. The van der Waals surface area contributed by atoms with Gasteiger partial charge in [0.2, 0.25) is 5.91 Å². The highest BCUT2D eigenvalue weighted by Crippen LogP contribution is 2.11. The van der Waals surface area contributed by atoms with Gasteiger partial charge in [-0.05, 0) is 31.8 Å². The summed E-state index contributed by atoms with van der Waals surface area (Å²) in [6, 6.07) is 0. The van der Waals surface area contributed by atoms with Crippen LogP contribution < -0.4 is 10.6 Å². The molecule has 17 heavy (non-hydrogen) atoms. The van der Waals surface area contributed by atoms with Crippen molar-refractivity contribution < 1.29 is 4.79 Å². The Hall–Kier alpha value is -1.43. The molecule has 94 valence electrons. The lowest BCUT2D eigenvalue weighted by atomic mass is 10.0. The highest BCUT2D eigenvalue weighted by atomic mass is 16.1. The van der Waals surface area contributed by atoms with Crippen LogP contribution in [-0.2, 0) is 11.2 Å². The van der Waals surface area contributed by atoms with E-state index >= 15 is 0 Å². The number of hydrogen-bond donors (Lipinski definition) is 3. The van der Waals surface area contributed by atoms with E-state index in [1.807, 2.05) is 0 Å². The van der Waals surface area contributed by atoms with Gasteiger partial charge in [0, 0.05) is 19.4 Å². The van der Waals surface area contributed by atoms with E-state index in [2.05, 4.69) is 25.8 Å². The summed E-state index contributed by atoms with van der Waals surface area (Å²) in [5.74, 6) is 1.56. The maximum atomic E-state index is 11.6.